The van der Waals surface area contributed by atoms with Crippen molar-refractivity contribution in [2.45, 2.75) is 27.7 Å². The van der Waals surface area contributed by atoms with Crippen LogP contribution in [0.25, 0.3) is 0 Å². The Kier molecular flexibility index (Phi) is 4.57. The van der Waals surface area contributed by atoms with Crippen LogP contribution in [0.2, 0.25) is 5.02 Å². The van der Waals surface area contributed by atoms with Crippen LogP contribution < -0.4 is 4.74 Å². The lowest BCUT2D eigenvalue weighted by molar-refractivity contribution is 0.200. The highest BCUT2D eigenvalue weighted by molar-refractivity contribution is 7.80. The van der Waals surface area contributed by atoms with Gasteiger partial charge in [-0.1, -0.05) is 25.4 Å². The zero-order valence-corrected chi connectivity index (χ0v) is 12.0. The van der Waals surface area contributed by atoms with Crippen LogP contribution in [0.3, 0.4) is 0 Å². The third-order valence-corrected chi connectivity index (χ3v) is 3.53. The molecule has 16 heavy (non-hydrogen) atoms. The number of aryl methyl sites for hydroxylation is 2. The standard InChI is InChI=1S/C13H19ClOS/c1-9-5-11(14)6-10(2)12(9)15-7-13(3,4)8-16/h5-6,16H,7-8H2,1-4H3. The highest BCUT2D eigenvalue weighted by Gasteiger charge is 2.17. The van der Waals surface area contributed by atoms with Gasteiger partial charge >= 0.3 is 0 Å². The van der Waals surface area contributed by atoms with Gasteiger partial charge in [0.15, 0.2) is 0 Å². The quantitative estimate of drug-likeness (QED) is 0.793. The van der Waals surface area contributed by atoms with Crippen molar-refractivity contribution in [2.24, 2.45) is 5.41 Å². The molecule has 1 rings (SSSR count). The molecule has 0 radical (unpaired) electrons. The number of hydrogen-bond acceptors (Lipinski definition) is 2. The van der Waals surface area contributed by atoms with Crippen molar-refractivity contribution in [1.82, 2.24) is 0 Å². The Labute approximate surface area is 109 Å². The van der Waals surface area contributed by atoms with Crippen LogP contribution in [0.4, 0.5) is 0 Å². The van der Waals surface area contributed by atoms with Crippen molar-refractivity contribution in [1.29, 1.82) is 0 Å². The van der Waals surface area contributed by atoms with Gasteiger partial charge in [0.05, 0.1) is 6.61 Å². The minimum Gasteiger partial charge on any atom is -0.492 e. The van der Waals surface area contributed by atoms with E-state index in [9.17, 15) is 0 Å². The summed E-state index contributed by atoms with van der Waals surface area (Å²) in [5.41, 5.74) is 2.25. The van der Waals surface area contributed by atoms with E-state index in [1.54, 1.807) is 0 Å². The lowest BCUT2D eigenvalue weighted by atomic mass is 9.98. The van der Waals surface area contributed by atoms with Gasteiger partial charge in [-0.3, -0.25) is 0 Å². The van der Waals surface area contributed by atoms with E-state index in [2.05, 4.69) is 26.5 Å². The summed E-state index contributed by atoms with van der Waals surface area (Å²) in [5, 5.41) is 0.760. The number of hydrogen-bond donors (Lipinski definition) is 1. The zero-order valence-electron chi connectivity index (χ0n) is 10.3. The second-order valence-corrected chi connectivity index (χ2v) is 5.73. The van der Waals surface area contributed by atoms with Gasteiger partial charge in [-0.15, -0.1) is 0 Å². The van der Waals surface area contributed by atoms with Gasteiger partial charge in [-0.05, 0) is 42.9 Å². The molecule has 0 N–H and O–H groups in total. The molecule has 0 unspecified atom stereocenters. The molecule has 0 aliphatic heterocycles. The van der Waals surface area contributed by atoms with E-state index in [-0.39, 0.29) is 5.41 Å². The van der Waals surface area contributed by atoms with Crippen LogP contribution in [0.1, 0.15) is 25.0 Å². The van der Waals surface area contributed by atoms with Crippen LogP contribution in [-0.2, 0) is 0 Å². The summed E-state index contributed by atoms with van der Waals surface area (Å²) in [6.07, 6.45) is 0. The molecule has 0 atom stereocenters. The summed E-state index contributed by atoms with van der Waals surface area (Å²) >= 11 is 10.3. The maximum atomic E-state index is 5.97. The van der Waals surface area contributed by atoms with E-state index in [1.165, 1.54) is 0 Å². The van der Waals surface area contributed by atoms with Gasteiger partial charge < -0.3 is 4.74 Å². The Hall–Kier alpha value is -0.340. The second kappa shape index (κ2) is 5.33. The molecule has 3 heteroatoms. The fraction of sp³-hybridized carbons (Fsp3) is 0.538. The molecule has 0 saturated heterocycles. The van der Waals surface area contributed by atoms with Crippen molar-refractivity contribution in [3.05, 3.63) is 28.3 Å². The summed E-state index contributed by atoms with van der Waals surface area (Å²) in [6, 6.07) is 3.86. The molecule has 0 spiro atoms. The Morgan fingerprint density at radius 2 is 1.75 bits per heavy atom. The fourth-order valence-corrected chi connectivity index (χ4v) is 1.86. The number of thiol groups is 1. The fourth-order valence-electron chi connectivity index (χ4n) is 1.44. The lowest BCUT2D eigenvalue weighted by Crippen LogP contribution is -2.23. The first-order chi connectivity index (χ1) is 7.35. The van der Waals surface area contributed by atoms with Crippen LogP contribution >= 0.6 is 24.2 Å². The maximum Gasteiger partial charge on any atom is 0.125 e. The summed E-state index contributed by atoms with van der Waals surface area (Å²) in [6.45, 7) is 8.98. The molecule has 0 fully saturated rings. The van der Waals surface area contributed by atoms with Crippen LogP contribution in [0.15, 0.2) is 12.1 Å². The molecule has 0 saturated carbocycles. The van der Waals surface area contributed by atoms with E-state index >= 15 is 0 Å². The van der Waals surface area contributed by atoms with Crippen molar-refractivity contribution in [3.8, 4) is 5.75 Å². The van der Waals surface area contributed by atoms with Gasteiger partial charge in [-0.2, -0.15) is 12.6 Å². The Bertz CT molecular complexity index is 351. The predicted octanol–water partition coefficient (Wildman–Crippen LogP) is 4.29. The Morgan fingerprint density at radius 3 is 2.19 bits per heavy atom. The molecule has 0 heterocycles. The summed E-state index contributed by atoms with van der Waals surface area (Å²) in [7, 11) is 0. The minimum atomic E-state index is 0.0849. The average molecular weight is 259 g/mol. The molecule has 0 aromatic heterocycles. The van der Waals surface area contributed by atoms with Crippen molar-refractivity contribution >= 4 is 24.2 Å². The molecule has 0 bridgehead atoms. The molecule has 0 aliphatic carbocycles. The molecular weight excluding hydrogens is 240 g/mol. The number of benzene rings is 1. The zero-order chi connectivity index (χ0) is 12.3. The van der Waals surface area contributed by atoms with Crippen molar-refractivity contribution in [2.75, 3.05) is 12.4 Å². The first kappa shape index (κ1) is 13.7. The van der Waals surface area contributed by atoms with Crippen molar-refractivity contribution in [3.63, 3.8) is 0 Å². The Morgan fingerprint density at radius 1 is 1.25 bits per heavy atom. The average Bonchev–Trinajstić information content (AvgIpc) is 2.16. The molecule has 0 aliphatic rings. The second-order valence-electron chi connectivity index (χ2n) is 4.98. The number of halogens is 1. The number of rotatable bonds is 4. The first-order valence-corrected chi connectivity index (χ1v) is 6.37. The van der Waals surface area contributed by atoms with E-state index in [0.717, 1.165) is 27.7 Å². The van der Waals surface area contributed by atoms with Crippen LogP contribution in [0.5, 0.6) is 5.75 Å². The highest BCUT2D eigenvalue weighted by Crippen LogP contribution is 2.29. The van der Waals surface area contributed by atoms with Crippen molar-refractivity contribution < 1.29 is 4.74 Å². The van der Waals surface area contributed by atoms with Gasteiger partial charge in [-0.25, -0.2) is 0 Å². The first-order valence-electron chi connectivity index (χ1n) is 5.36. The normalized spacial score (nSPS) is 11.6. The molecule has 1 nitrogen and oxygen atoms in total. The van der Waals surface area contributed by atoms with Gasteiger partial charge in [0.25, 0.3) is 0 Å². The van der Waals surface area contributed by atoms with Gasteiger partial charge in [0.1, 0.15) is 5.75 Å². The van der Waals surface area contributed by atoms with E-state index in [4.69, 9.17) is 16.3 Å². The SMILES string of the molecule is Cc1cc(Cl)cc(C)c1OCC(C)(C)CS. The summed E-state index contributed by atoms with van der Waals surface area (Å²) in [4.78, 5) is 0. The highest BCUT2D eigenvalue weighted by atomic mass is 35.5. The van der Waals surface area contributed by atoms with Gasteiger partial charge in [0, 0.05) is 10.4 Å². The maximum absolute atomic E-state index is 5.97. The lowest BCUT2D eigenvalue weighted by Gasteiger charge is -2.23. The smallest absolute Gasteiger partial charge is 0.125 e. The Balaban J connectivity index is 2.82. The third-order valence-electron chi connectivity index (χ3n) is 2.46. The molecule has 90 valence electrons. The predicted molar refractivity (Wildman–Crippen MR) is 74.1 cm³/mol. The summed E-state index contributed by atoms with van der Waals surface area (Å²) < 4.78 is 5.87. The van der Waals surface area contributed by atoms with E-state index in [0.29, 0.717) is 6.61 Å². The van der Waals surface area contributed by atoms with E-state index in [1.807, 2.05) is 26.0 Å². The number of ether oxygens (including phenoxy) is 1. The topological polar surface area (TPSA) is 9.23 Å². The largest absolute Gasteiger partial charge is 0.492 e. The molecule has 0 amide bonds. The molecule has 1 aromatic rings. The van der Waals surface area contributed by atoms with Crippen LogP contribution in [-0.4, -0.2) is 12.4 Å². The van der Waals surface area contributed by atoms with Crippen LogP contribution in [0, 0.1) is 19.3 Å². The third kappa shape index (κ3) is 3.60. The monoisotopic (exact) mass is 258 g/mol. The molecule has 1 aromatic carbocycles. The molecular formula is C13H19ClOS. The van der Waals surface area contributed by atoms with E-state index < -0.39 is 0 Å². The van der Waals surface area contributed by atoms with Gasteiger partial charge in [0.2, 0.25) is 0 Å². The minimum absolute atomic E-state index is 0.0849. The summed E-state index contributed by atoms with van der Waals surface area (Å²) in [5.74, 6) is 1.75.